The van der Waals surface area contributed by atoms with Crippen LogP contribution in [0.3, 0.4) is 0 Å². The highest BCUT2D eigenvalue weighted by Gasteiger charge is 2.30. The predicted molar refractivity (Wildman–Crippen MR) is 89.3 cm³/mol. The van der Waals surface area contributed by atoms with Crippen LogP contribution in [0.5, 0.6) is 0 Å². The van der Waals surface area contributed by atoms with Crippen molar-refractivity contribution in [2.45, 2.75) is 19.6 Å². The third kappa shape index (κ3) is 6.24. The fraction of sp³-hybridized carbons (Fsp3) is 0.294. The van der Waals surface area contributed by atoms with Crippen molar-refractivity contribution < 1.29 is 27.5 Å². The van der Waals surface area contributed by atoms with E-state index in [4.69, 9.17) is 0 Å². The number of nitrogens with zero attached hydrogens (tertiary/aromatic N) is 2. The van der Waals surface area contributed by atoms with E-state index in [1.807, 2.05) is 0 Å². The quantitative estimate of drug-likeness (QED) is 0.801. The number of amides is 2. The highest BCUT2D eigenvalue weighted by molar-refractivity contribution is 5.82. The summed E-state index contributed by atoms with van der Waals surface area (Å²) in [6, 6.07) is 6.13. The van der Waals surface area contributed by atoms with E-state index >= 15 is 0 Å². The SMILES string of the molecule is CCOC(=O)NCC(=O)NCc1cc(-c2ccc(C(F)(F)F)cc2)ncn1. The van der Waals surface area contributed by atoms with Gasteiger partial charge < -0.3 is 15.4 Å². The van der Waals surface area contributed by atoms with E-state index < -0.39 is 23.7 Å². The lowest BCUT2D eigenvalue weighted by atomic mass is 10.1. The maximum absolute atomic E-state index is 12.6. The van der Waals surface area contributed by atoms with Crippen molar-refractivity contribution in [2.24, 2.45) is 0 Å². The molecule has 0 saturated heterocycles. The second-order valence-corrected chi connectivity index (χ2v) is 5.32. The van der Waals surface area contributed by atoms with E-state index in [1.54, 1.807) is 13.0 Å². The van der Waals surface area contributed by atoms with E-state index in [0.717, 1.165) is 12.1 Å². The molecule has 10 heteroatoms. The summed E-state index contributed by atoms with van der Waals surface area (Å²) in [5.74, 6) is -0.447. The maximum atomic E-state index is 12.6. The molecule has 0 fully saturated rings. The number of ether oxygens (including phenoxy) is 1. The summed E-state index contributed by atoms with van der Waals surface area (Å²) in [5, 5.41) is 4.83. The van der Waals surface area contributed by atoms with Crippen molar-refractivity contribution in [1.29, 1.82) is 0 Å². The summed E-state index contributed by atoms with van der Waals surface area (Å²) in [5.41, 5.74) is 0.626. The number of aromatic nitrogens is 2. The number of carbonyl (C=O) groups excluding carboxylic acids is 2. The predicted octanol–water partition coefficient (Wildman–Crippen LogP) is 2.52. The van der Waals surface area contributed by atoms with Crippen LogP contribution in [-0.2, 0) is 22.3 Å². The molecule has 2 amide bonds. The van der Waals surface area contributed by atoms with Crippen LogP contribution in [0.25, 0.3) is 11.3 Å². The highest BCUT2D eigenvalue weighted by atomic mass is 19.4. The number of alkyl halides is 3. The van der Waals surface area contributed by atoms with Crippen LogP contribution < -0.4 is 10.6 Å². The number of nitrogens with one attached hydrogen (secondary N) is 2. The summed E-state index contributed by atoms with van der Waals surface area (Å²) in [6.07, 6.45) is -3.85. The Balaban J connectivity index is 1.95. The number of hydrogen-bond donors (Lipinski definition) is 2. The first kappa shape index (κ1) is 20.1. The summed E-state index contributed by atoms with van der Waals surface area (Å²) in [6.45, 7) is 1.65. The van der Waals surface area contributed by atoms with Crippen molar-refractivity contribution in [1.82, 2.24) is 20.6 Å². The highest BCUT2D eigenvalue weighted by Crippen LogP contribution is 2.30. The normalized spacial score (nSPS) is 11.0. The molecule has 27 heavy (non-hydrogen) atoms. The molecule has 0 radical (unpaired) electrons. The zero-order valence-electron chi connectivity index (χ0n) is 14.3. The lowest BCUT2D eigenvalue weighted by Gasteiger charge is -2.09. The molecule has 0 aliphatic carbocycles. The van der Waals surface area contributed by atoms with Gasteiger partial charge >= 0.3 is 12.3 Å². The number of hydrogen-bond acceptors (Lipinski definition) is 5. The summed E-state index contributed by atoms with van der Waals surface area (Å²) in [7, 11) is 0. The second kappa shape index (κ2) is 8.97. The van der Waals surface area contributed by atoms with Crippen molar-refractivity contribution in [3.8, 4) is 11.3 Å². The molecule has 0 spiro atoms. The molecule has 1 aromatic carbocycles. The second-order valence-electron chi connectivity index (χ2n) is 5.32. The summed E-state index contributed by atoms with van der Waals surface area (Å²) < 4.78 is 42.5. The molecular weight excluding hydrogens is 365 g/mol. The molecule has 144 valence electrons. The first-order chi connectivity index (χ1) is 12.8. The molecule has 0 aliphatic heterocycles. The molecule has 2 aromatic rings. The first-order valence-electron chi connectivity index (χ1n) is 7.95. The monoisotopic (exact) mass is 382 g/mol. The number of carbonyl (C=O) groups is 2. The van der Waals surface area contributed by atoms with E-state index in [-0.39, 0.29) is 19.7 Å². The van der Waals surface area contributed by atoms with Crippen LogP contribution in [0.1, 0.15) is 18.2 Å². The van der Waals surface area contributed by atoms with Gasteiger partial charge in [0.05, 0.1) is 30.1 Å². The van der Waals surface area contributed by atoms with E-state index in [1.165, 1.54) is 18.5 Å². The molecule has 2 N–H and O–H groups in total. The van der Waals surface area contributed by atoms with Gasteiger partial charge in [-0.05, 0) is 25.1 Å². The number of benzene rings is 1. The fourth-order valence-electron chi connectivity index (χ4n) is 2.07. The van der Waals surface area contributed by atoms with Crippen LogP contribution in [0, 0.1) is 0 Å². The zero-order chi connectivity index (χ0) is 19.9. The third-order valence-electron chi connectivity index (χ3n) is 3.37. The van der Waals surface area contributed by atoms with E-state index in [2.05, 4.69) is 25.3 Å². The lowest BCUT2D eigenvalue weighted by Crippen LogP contribution is -2.37. The van der Waals surface area contributed by atoms with Gasteiger partial charge in [-0.15, -0.1) is 0 Å². The Morgan fingerprint density at radius 2 is 1.81 bits per heavy atom. The van der Waals surface area contributed by atoms with Gasteiger partial charge in [-0.25, -0.2) is 14.8 Å². The topological polar surface area (TPSA) is 93.2 Å². The Morgan fingerprint density at radius 1 is 1.11 bits per heavy atom. The Hall–Kier alpha value is -3.17. The van der Waals surface area contributed by atoms with Gasteiger partial charge in [0.2, 0.25) is 5.91 Å². The van der Waals surface area contributed by atoms with Gasteiger partial charge in [-0.1, -0.05) is 12.1 Å². The Morgan fingerprint density at radius 3 is 2.44 bits per heavy atom. The average molecular weight is 382 g/mol. The van der Waals surface area contributed by atoms with Gasteiger partial charge in [0.1, 0.15) is 12.9 Å². The van der Waals surface area contributed by atoms with Gasteiger partial charge in [-0.3, -0.25) is 4.79 Å². The minimum Gasteiger partial charge on any atom is -0.450 e. The Kier molecular flexibility index (Phi) is 6.69. The van der Waals surface area contributed by atoms with Crippen LogP contribution in [0.15, 0.2) is 36.7 Å². The van der Waals surface area contributed by atoms with Gasteiger partial charge in [0.25, 0.3) is 0 Å². The number of halogens is 3. The molecule has 0 atom stereocenters. The largest absolute Gasteiger partial charge is 0.450 e. The number of alkyl carbamates (subject to hydrolysis) is 1. The van der Waals surface area contributed by atoms with Crippen LogP contribution in [0.4, 0.5) is 18.0 Å². The molecule has 0 aliphatic rings. The molecule has 2 rings (SSSR count). The van der Waals surface area contributed by atoms with E-state index in [9.17, 15) is 22.8 Å². The molecule has 0 saturated carbocycles. The molecular formula is C17H17F3N4O3. The standard InChI is InChI=1S/C17H17F3N4O3/c1-2-27-16(26)22-9-15(25)21-8-13-7-14(24-10-23-13)11-3-5-12(6-4-11)17(18,19)20/h3-7,10H,2,8-9H2,1H3,(H,21,25)(H,22,26). The molecule has 1 heterocycles. The average Bonchev–Trinajstić information content (AvgIpc) is 2.64. The minimum atomic E-state index is -4.41. The molecule has 7 nitrogen and oxygen atoms in total. The Bertz CT molecular complexity index is 795. The van der Waals surface area contributed by atoms with Crippen LogP contribution >= 0.6 is 0 Å². The summed E-state index contributed by atoms with van der Waals surface area (Å²) in [4.78, 5) is 30.8. The van der Waals surface area contributed by atoms with Gasteiger partial charge in [-0.2, -0.15) is 13.2 Å². The maximum Gasteiger partial charge on any atom is 0.416 e. The minimum absolute atomic E-state index is 0.0689. The van der Waals surface area contributed by atoms with Crippen molar-refractivity contribution in [3.05, 3.63) is 47.9 Å². The zero-order valence-corrected chi connectivity index (χ0v) is 14.3. The molecule has 1 aromatic heterocycles. The lowest BCUT2D eigenvalue weighted by molar-refractivity contribution is -0.137. The Labute approximate surface area is 153 Å². The third-order valence-corrected chi connectivity index (χ3v) is 3.37. The van der Waals surface area contributed by atoms with Gasteiger partial charge in [0, 0.05) is 5.56 Å². The van der Waals surface area contributed by atoms with Gasteiger partial charge in [0.15, 0.2) is 0 Å². The molecule has 0 unspecified atom stereocenters. The van der Waals surface area contributed by atoms with Crippen LogP contribution in [0.2, 0.25) is 0 Å². The van der Waals surface area contributed by atoms with Crippen molar-refractivity contribution in [2.75, 3.05) is 13.2 Å². The first-order valence-corrected chi connectivity index (χ1v) is 7.95. The number of rotatable bonds is 6. The summed E-state index contributed by atoms with van der Waals surface area (Å²) >= 11 is 0. The van der Waals surface area contributed by atoms with Crippen molar-refractivity contribution >= 4 is 12.0 Å². The molecule has 0 bridgehead atoms. The van der Waals surface area contributed by atoms with Crippen LogP contribution in [-0.4, -0.2) is 35.1 Å². The smallest absolute Gasteiger partial charge is 0.416 e. The fourth-order valence-corrected chi connectivity index (χ4v) is 2.07. The van der Waals surface area contributed by atoms with Crippen molar-refractivity contribution in [3.63, 3.8) is 0 Å². The van der Waals surface area contributed by atoms with E-state index in [0.29, 0.717) is 17.0 Å².